The summed E-state index contributed by atoms with van der Waals surface area (Å²) in [4.78, 5) is 44.3. The molecule has 2 heterocycles. The number of benzene rings is 3. The number of halogens is 3. The van der Waals surface area contributed by atoms with E-state index < -0.39 is 23.4 Å². The van der Waals surface area contributed by atoms with Crippen molar-refractivity contribution in [1.82, 2.24) is 15.1 Å². The van der Waals surface area contributed by atoms with Gasteiger partial charge in [-0.05, 0) is 48.5 Å². The molecule has 0 aromatic heterocycles. The summed E-state index contributed by atoms with van der Waals surface area (Å²) in [7, 11) is 0. The molecule has 5 rings (SSSR count). The van der Waals surface area contributed by atoms with Gasteiger partial charge >= 0.3 is 0 Å². The van der Waals surface area contributed by atoms with Gasteiger partial charge in [0.05, 0.1) is 11.4 Å². The molecule has 2 aliphatic rings. The molecule has 3 aromatic carbocycles. The topological polar surface area (TPSA) is 85.0 Å². The standard InChI is InChI=1S/C29H28F3N5O3/c30-22-3-1-2-19(14-22)28(39)37-12-10-35(11-13-37)26-5-4-20(29(40)36-8-6-33-7-9-36)17-25(26)34-27(38)21-15-23(31)18-24(32)16-21/h1-5,14-18,33H,6-13H2,(H,34,38). The van der Waals surface area contributed by atoms with E-state index in [1.807, 2.05) is 4.90 Å². The summed E-state index contributed by atoms with van der Waals surface area (Å²) in [5.74, 6) is -3.45. The van der Waals surface area contributed by atoms with Crippen molar-refractivity contribution in [1.29, 1.82) is 0 Å². The number of piperazine rings is 2. The van der Waals surface area contributed by atoms with Crippen LogP contribution in [0.1, 0.15) is 31.1 Å². The predicted molar refractivity (Wildman–Crippen MR) is 144 cm³/mol. The molecule has 2 fully saturated rings. The van der Waals surface area contributed by atoms with E-state index in [0.717, 1.165) is 12.1 Å². The van der Waals surface area contributed by atoms with Crippen LogP contribution in [0.5, 0.6) is 0 Å². The van der Waals surface area contributed by atoms with Gasteiger partial charge < -0.3 is 25.3 Å². The first-order valence-electron chi connectivity index (χ1n) is 13.0. The predicted octanol–water partition coefficient (Wildman–Crippen LogP) is 3.36. The van der Waals surface area contributed by atoms with Crippen LogP contribution >= 0.6 is 0 Å². The minimum atomic E-state index is -0.882. The summed E-state index contributed by atoms with van der Waals surface area (Å²) in [5, 5.41) is 5.92. The molecule has 2 aliphatic heterocycles. The number of rotatable bonds is 5. The Morgan fingerprint density at radius 2 is 1.25 bits per heavy atom. The molecule has 11 heteroatoms. The van der Waals surface area contributed by atoms with Gasteiger partial charge in [0.2, 0.25) is 0 Å². The molecule has 0 unspecified atom stereocenters. The third-order valence-electron chi connectivity index (χ3n) is 7.00. The normalized spacial score (nSPS) is 15.6. The highest BCUT2D eigenvalue weighted by molar-refractivity contribution is 6.07. The van der Waals surface area contributed by atoms with Crippen molar-refractivity contribution in [2.24, 2.45) is 0 Å². The van der Waals surface area contributed by atoms with Crippen LogP contribution in [0.4, 0.5) is 24.5 Å². The van der Waals surface area contributed by atoms with Crippen molar-refractivity contribution < 1.29 is 27.6 Å². The number of nitrogens with one attached hydrogen (secondary N) is 2. The van der Waals surface area contributed by atoms with Crippen LogP contribution in [0, 0.1) is 17.5 Å². The summed E-state index contributed by atoms with van der Waals surface area (Å²) in [6.07, 6.45) is 0. The summed E-state index contributed by atoms with van der Waals surface area (Å²) in [6.45, 7) is 3.96. The van der Waals surface area contributed by atoms with Gasteiger partial charge in [0.15, 0.2) is 0 Å². The van der Waals surface area contributed by atoms with Gasteiger partial charge in [-0.15, -0.1) is 0 Å². The Balaban J connectivity index is 1.38. The molecule has 0 atom stereocenters. The Hall–Kier alpha value is -4.38. The molecule has 40 heavy (non-hydrogen) atoms. The number of carbonyl (C=O) groups excluding carboxylic acids is 3. The van der Waals surface area contributed by atoms with Gasteiger partial charge in [0.25, 0.3) is 17.7 Å². The first kappa shape index (κ1) is 27.2. The van der Waals surface area contributed by atoms with Crippen LogP contribution in [0.3, 0.4) is 0 Å². The lowest BCUT2D eigenvalue weighted by molar-refractivity contribution is 0.0731. The quantitative estimate of drug-likeness (QED) is 0.508. The number of anilines is 2. The van der Waals surface area contributed by atoms with Gasteiger partial charge in [-0.1, -0.05) is 6.07 Å². The SMILES string of the molecule is O=C(Nc1cc(C(=O)N2CCNCC2)ccc1N1CCN(C(=O)c2cccc(F)c2)CC1)c1cc(F)cc(F)c1. The molecule has 8 nitrogen and oxygen atoms in total. The van der Waals surface area contributed by atoms with Crippen LogP contribution < -0.4 is 15.5 Å². The molecular formula is C29H28F3N5O3. The zero-order valence-electron chi connectivity index (χ0n) is 21.6. The van der Waals surface area contributed by atoms with E-state index in [2.05, 4.69) is 10.6 Å². The number of hydrogen-bond donors (Lipinski definition) is 2. The lowest BCUT2D eigenvalue weighted by atomic mass is 10.1. The zero-order chi connectivity index (χ0) is 28.2. The van der Waals surface area contributed by atoms with E-state index in [-0.39, 0.29) is 22.9 Å². The molecule has 3 amide bonds. The Morgan fingerprint density at radius 3 is 1.90 bits per heavy atom. The highest BCUT2D eigenvalue weighted by Crippen LogP contribution is 2.30. The molecule has 3 aromatic rings. The van der Waals surface area contributed by atoms with Crippen molar-refractivity contribution in [2.45, 2.75) is 0 Å². The Morgan fingerprint density at radius 1 is 0.650 bits per heavy atom. The number of hydrogen-bond acceptors (Lipinski definition) is 5. The maximum absolute atomic E-state index is 13.8. The molecule has 0 aliphatic carbocycles. The Bertz CT molecular complexity index is 1420. The first-order valence-corrected chi connectivity index (χ1v) is 13.0. The molecular weight excluding hydrogens is 523 g/mol. The number of carbonyl (C=O) groups is 3. The Labute approximate surface area is 229 Å². The highest BCUT2D eigenvalue weighted by atomic mass is 19.1. The largest absolute Gasteiger partial charge is 0.366 e. The molecule has 0 radical (unpaired) electrons. The van der Waals surface area contributed by atoms with E-state index in [1.54, 1.807) is 34.1 Å². The van der Waals surface area contributed by atoms with E-state index in [9.17, 15) is 27.6 Å². The van der Waals surface area contributed by atoms with Gasteiger partial charge in [0.1, 0.15) is 17.5 Å². The molecule has 2 N–H and O–H groups in total. The van der Waals surface area contributed by atoms with Crippen LogP contribution in [0.15, 0.2) is 60.7 Å². The minimum Gasteiger partial charge on any atom is -0.366 e. The van der Waals surface area contributed by atoms with Crippen molar-refractivity contribution in [3.8, 4) is 0 Å². The van der Waals surface area contributed by atoms with Crippen LogP contribution in [-0.4, -0.2) is 79.9 Å². The summed E-state index contributed by atoms with van der Waals surface area (Å²) < 4.78 is 41.2. The molecule has 0 saturated carbocycles. The van der Waals surface area contributed by atoms with E-state index in [0.29, 0.717) is 75.4 Å². The van der Waals surface area contributed by atoms with Crippen molar-refractivity contribution in [3.63, 3.8) is 0 Å². The molecule has 0 spiro atoms. The fraction of sp³-hybridized carbons (Fsp3) is 0.276. The highest BCUT2D eigenvalue weighted by Gasteiger charge is 2.26. The summed E-state index contributed by atoms with van der Waals surface area (Å²) in [6, 6.07) is 13.1. The van der Waals surface area contributed by atoms with Gasteiger partial charge in [-0.25, -0.2) is 13.2 Å². The fourth-order valence-corrected chi connectivity index (χ4v) is 4.93. The van der Waals surface area contributed by atoms with Crippen LogP contribution in [-0.2, 0) is 0 Å². The van der Waals surface area contributed by atoms with Crippen LogP contribution in [0.2, 0.25) is 0 Å². The van der Waals surface area contributed by atoms with E-state index in [1.165, 1.54) is 18.2 Å². The lowest BCUT2D eigenvalue weighted by Crippen LogP contribution is -2.49. The minimum absolute atomic E-state index is 0.189. The van der Waals surface area contributed by atoms with E-state index >= 15 is 0 Å². The van der Waals surface area contributed by atoms with Crippen molar-refractivity contribution in [2.75, 3.05) is 62.6 Å². The second-order valence-corrected chi connectivity index (χ2v) is 9.68. The third kappa shape index (κ3) is 6.09. The second kappa shape index (κ2) is 11.8. The zero-order valence-corrected chi connectivity index (χ0v) is 21.6. The van der Waals surface area contributed by atoms with Crippen LogP contribution in [0.25, 0.3) is 0 Å². The first-order chi connectivity index (χ1) is 19.3. The van der Waals surface area contributed by atoms with Gasteiger partial charge in [-0.2, -0.15) is 0 Å². The van der Waals surface area contributed by atoms with Crippen molar-refractivity contribution in [3.05, 3.63) is 94.8 Å². The van der Waals surface area contributed by atoms with E-state index in [4.69, 9.17) is 0 Å². The lowest BCUT2D eigenvalue weighted by Gasteiger charge is -2.37. The maximum Gasteiger partial charge on any atom is 0.255 e. The van der Waals surface area contributed by atoms with Gasteiger partial charge in [0, 0.05) is 75.1 Å². The van der Waals surface area contributed by atoms with Crippen molar-refractivity contribution >= 4 is 29.1 Å². The molecule has 0 bridgehead atoms. The Kier molecular flexibility index (Phi) is 8.01. The average molecular weight is 552 g/mol. The average Bonchev–Trinajstić information content (AvgIpc) is 2.96. The fourth-order valence-electron chi connectivity index (χ4n) is 4.93. The van der Waals surface area contributed by atoms with Gasteiger partial charge in [-0.3, -0.25) is 14.4 Å². The number of nitrogens with zero attached hydrogens (tertiary/aromatic N) is 3. The monoisotopic (exact) mass is 551 g/mol. The molecule has 2 saturated heterocycles. The third-order valence-corrected chi connectivity index (χ3v) is 7.00. The maximum atomic E-state index is 13.8. The summed E-state index contributed by atoms with van der Waals surface area (Å²) >= 11 is 0. The second-order valence-electron chi connectivity index (χ2n) is 9.68. The number of amides is 3. The summed E-state index contributed by atoms with van der Waals surface area (Å²) in [5.41, 5.74) is 1.33. The molecule has 208 valence electrons. The smallest absolute Gasteiger partial charge is 0.255 e.